The van der Waals surface area contributed by atoms with Crippen molar-refractivity contribution in [1.82, 2.24) is 5.32 Å². The number of nitrogens with one attached hydrogen (secondary N) is 1. The first-order valence-corrected chi connectivity index (χ1v) is 13.8. The van der Waals surface area contributed by atoms with Crippen molar-refractivity contribution < 1.29 is 28.9 Å². The fraction of sp³-hybridized carbons (Fsp3) is 0.531. The zero-order chi connectivity index (χ0) is 29.3. The van der Waals surface area contributed by atoms with Crippen LogP contribution in [-0.4, -0.2) is 48.6 Å². The Balaban J connectivity index is 1.42. The van der Waals surface area contributed by atoms with E-state index in [4.69, 9.17) is 14.2 Å². The highest BCUT2D eigenvalue weighted by Crippen LogP contribution is 2.32. The number of hydrogen-bond donors (Lipinski definition) is 2. The van der Waals surface area contributed by atoms with Crippen LogP contribution in [0.25, 0.3) is 0 Å². The van der Waals surface area contributed by atoms with Gasteiger partial charge < -0.3 is 24.6 Å². The Bertz CT molecular complexity index is 1190. The highest BCUT2D eigenvalue weighted by Gasteiger charge is 2.28. The van der Waals surface area contributed by atoms with Gasteiger partial charge in [0, 0.05) is 18.5 Å². The van der Waals surface area contributed by atoms with Crippen LogP contribution in [0.1, 0.15) is 69.7 Å². The van der Waals surface area contributed by atoms with Crippen LogP contribution >= 0.6 is 0 Å². The molecule has 0 amide bonds. The van der Waals surface area contributed by atoms with Gasteiger partial charge >= 0.3 is 11.9 Å². The fourth-order valence-corrected chi connectivity index (χ4v) is 4.84. The van der Waals surface area contributed by atoms with Crippen molar-refractivity contribution in [2.75, 3.05) is 19.9 Å². The molecule has 3 rings (SSSR count). The predicted octanol–water partition coefficient (Wildman–Crippen LogP) is 4.49. The van der Waals surface area contributed by atoms with Gasteiger partial charge in [-0.1, -0.05) is 30.3 Å². The van der Waals surface area contributed by atoms with E-state index < -0.39 is 30.3 Å². The average Bonchev–Trinajstić information content (AvgIpc) is 3.30. The molecule has 0 spiro atoms. The average molecular weight is 551 g/mol. The highest BCUT2D eigenvalue weighted by atomic mass is 16.7. The number of hydrogen-bond acceptors (Lipinski definition) is 8. The summed E-state index contributed by atoms with van der Waals surface area (Å²) >= 11 is 0. The number of carbonyl (C=O) groups is 2. The van der Waals surface area contributed by atoms with Gasteiger partial charge in [0.15, 0.2) is 0 Å². The van der Waals surface area contributed by atoms with Gasteiger partial charge in [0.1, 0.15) is 24.5 Å². The Hall–Kier alpha value is -3.41. The molecule has 0 bridgehead atoms. The molecule has 2 aromatic rings. The van der Waals surface area contributed by atoms with Crippen LogP contribution in [0.2, 0.25) is 0 Å². The summed E-state index contributed by atoms with van der Waals surface area (Å²) in [5.74, 6) is -0.0198. The number of β-amino-alcohol motifs (C(OH)–C–C–N with tert-alkyl or cyclic N) is 1. The summed E-state index contributed by atoms with van der Waals surface area (Å²) in [5, 5.41) is 23.5. The van der Waals surface area contributed by atoms with Gasteiger partial charge in [-0.15, -0.1) is 0 Å². The molecular weight excluding hydrogens is 508 g/mol. The molecule has 1 aliphatic rings. The zero-order valence-electron chi connectivity index (χ0n) is 24.3. The monoisotopic (exact) mass is 550 g/mol. The van der Waals surface area contributed by atoms with Crippen molar-refractivity contribution >= 4 is 11.9 Å². The first-order chi connectivity index (χ1) is 18.9. The van der Waals surface area contributed by atoms with Crippen molar-refractivity contribution in [3.8, 4) is 11.8 Å². The largest absolute Gasteiger partial charge is 0.489 e. The molecule has 2 N–H and O–H groups in total. The highest BCUT2D eigenvalue weighted by molar-refractivity contribution is 5.75. The molecule has 0 aromatic heterocycles. The zero-order valence-corrected chi connectivity index (χ0v) is 24.3. The number of nitrogens with zero attached hydrogens (tertiary/aromatic N) is 1. The maximum Gasteiger partial charge on any atom is 0.314 e. The number of aliphatic hydroxyl groups is 1. The van der Waals surface area contributed by atoms with E-state index in [0.717, 1.165) is 24.8 Å². The van der Waals surface area contributed by atoms with Gasteiger partial charge in [0.25, 0.3) is 0 Å². The summed E-state index contributed by atoms with van der Waals surface area (Å²) in [6.07, 6.45) is 2.84. The third-order valence-electron chi connectivity index (χ3n) is 6.99. The molecule has 8 nitrogen and oxygen atoms in total. The molecule has 1 atom stereocenters. The minimum atomic E-state index is -0.763. The summed E-state index contributed by atoms with van der Waals surface area (Å²) in [6.45, 7) is 9.42. The quantitative estimate of drug-likeness (QED) is 0.277. The lowest BCUT2D eigenvalue weighted by molar-refractivity contribution is -0.173. The van der Waals surface area contributed by atoms with E-state index in [-0.39, 0.29) is 18.6 Å². The number of fused-ring (bicyclic) bond motifs is 1. The standard InChI is InChI=1S/C32H42N2O6/c1-31(2,3)30(37)40-21-39-29(36)13-11-22-10-12-26(18-33)28(16-22)38-20-27(35)19-34-32(4,5)17-23-14-24-8-6-7-9-25(24)15-23/h6-10,12,16,23,27,34-35H,11,13-15,17,19-21H2,1-5H3/t27-/m0/s1. The van der Waals surface area contributed by atoms with Gasteiger partial charge in [-0.2, -0.15) is 5.26 Å². The minimum Gasteiger partial charge on any atom is -0.489 e. The third kappa shape index (κ3) is 9.65. The van der Waals surface area contributed by atoms with Crippen LogP contribution in [0.3, 0.4) is 0 Å². The lowest BCUT2D eigenvalue weighted by Gasteiger charge is -2.30. The SMILES string of the molecule is CC(C)(CC1Cc2ccccc2C1)NC[C@H](O)COc1cc(CCC(=O)OCOC(=O)C(C)(C)C)ccc1C#N. The number of ether oxygens (including phenoxy) is 3. The maximum atomic E-state index is 12.1. The lowest BCUT2D eigenvalue weighted by atomic mass is 9.88. The molecule has 0 aliphatic heterocycles. The van der Waals surface area contributed by atoms with Crippen molar-refractivity contribution in [3.05, 3.63) is 64.7 Å². The number of aryl methyl sites for hydroxylation is 1. The van der Waals surface area contributed by atoms with Crippen molar-refractivity contribution in [1.29, 1.82) is 5.26 Å². The fourth-order valence-electron chi connectivity index (χ4n) is 4.84. The van der Waals surface area contributed by atoms with Crippen LogP contribution in [0.15, 0.2) is 42.5 Å². The maximum absolute atomic E-state index is 12.1. The van der Waals surface area contributed by atoms with Crippen LogP contribution in [-0.2, 0) is 38.3 Å². The van der Waals surface area contributed by atoms with E-state index in [1.54, 1.807) is 39.0 Å². The van der Waals surface area contributed by atoms with Crippen molar-refractivity contribution in [2.24, 2.45) is 11.3 Å². The molecule has 40 heavy (non-hydrogen) atoms. The Morgan fingerprint density at radius 3 is 2.38 bits per heavy atom. The first-order valence-electron chi connectivity index (χ1n) is 13.8. The smallest absolute Gasteiger partial charge is 0.314 e. The molecular formula is C32H42N2O6. The van der Waals surface area contributed by atoms with Gasteiger partial charge in [-0.25, -0.2) is 0 Å². The summed E-state index contributed by atoms with van der Waals surface area (Å²) in [7, 11) is 0. The normalized spacial score (nSPS) is 14.2. The Morgan fingerprint density at radius 2 is 1.75 bits per heavy atom. The van der Waals surface area contributed by atoms with E-state index in [2.05, 4.69) is 49.5 Å². The summed E-state index contributed by atoms with van der Waals surface area (Å²) in [6, 6.07) is 15.8. The van der Waals surface area contributed by atoms with E-state index >= 15 is 0 Å². The molecule has 2 aromatic carbocycles. The van der Waals surface area contributed by atoms with Crippen molar-refractivity contribution in [3.63, 3.8) is 0 Å². The Labute approximate surface area is 237 Å². The summed E-state index contributed by atoms with van der Waals surface area (Å²) in [5.41, 5.74) is 3.18. The van der Waals surface area contributed by atoms with E-state index in [9.17, 15) is 20.0 Å². The first kappa shape index (κ1) is 31.1. The predicted molar refractivity (Wildman–Crippen MR) is 152 cm³/mol. The number of carbonyl (C=O) groups excluding carboxylic acids is 2. The molecule has 0 unspecified atom stereocenters. The van der Waals surface area contributed by atoms with Crippen LogP contribution in [0, 0.1) is 22.7 Å². The summed E-state index contributed by atoms with van der Waals surface area (Å²) < 4.78 is 15.8. The van der Waals surface area contributed by atoms with Gasteiger partial charge in [0.2, 0.25) is 6.79 Å². The van der Waals surface area contributed by atoms with Crippen LogP contribution in [0.5, 0.6) is 5.75 Å². The molecule has 0 fully saturated rings. The Morgan fingerprint density at radius 1 is 1.07 bits per heavy atom. The lowest BCUT2D eigenvalue weighted by Crippen LogP contribution is -2.46. The molecule has 0 heterocycles. The molecule has 0 radical (unpaired) electrons. The second-order valence-corrected chi connectivity index (χ2v) is 12.2. The third-order valence-corrected chi connectivity index (χ3v) is 6.99. The van der Waals surface area contributed by atoms with Gasteiger partial charge in [0.05, 0.1) is 11.0 Å². The second-order valence-electron chi connectivity index (χ2n) is 12.2. The van der Waals surface area contributed by atoms with E-state index in [1.807, 2.05) is 0 Å². The molecule has 216 valence electrons. The van der Waals surface area contributed by atoms with Crippen LogP contribution < -0.4 is 10.1 Å². The van der Waals surface area contributed by atoms with E-state index in [0.29, 0.717) is 30.2 Å². The van der Waals surface area contributed by atoms with Crippen molar-refractivity contribution in [2.45, 2.75) is 78.4 Å². The molecule has 1 aliphatic carbocycles. The van der Waals surface area contributed by atoms with Crippen LogP contribution in [0.4, 0.5) is 0 Å². The van der Waals surface area contributed by atoms with E-state index in [1.165, 1.54) is 11.1 Å². The number of aliphatic hydroxyl groups excluding tert-OH is 1. The minimum absolute atomic E-state index is 0.0251. The molecule has 0 saturated carbocycles. The number of nitriles is 1. The Kier molecular flexibility index (Phi) is 10.7. The number of rotatable bonds is 13. The topological polar surface area (TPSA) is 118 Å². The van der Waals surface area contributed by atoms with Gasteiger partial charge in [-0.05, 0) is 95.0 Å². The molecule has 8 heteroatoms. The van der Waals surface area contributed by atoms with Gasteiger partial charge in [-0.3, -0.25) is 9.59 Å². The number of esters is 2. The second kappa shape index (κ2) is 13.8. The molecule has 0 saturated heterocycles. The number of benzene rings is 2. The summed E-state index contributed by atoms with van der Waals surface area (Å²) in [4.78, 5) is 23.8.